The molecular weight excluding hydrogens is 129 g/mol. The highest BCUT2D eigenvalue weighted by Crippen LogP contribution is 2.28. The minimum absolute atomic E-state index is 0. The van der Waals surface area contributed by atoms with Crippen LogP contribution in [-0.2, 0) is 0 Å². The molecule has 0 amide bonds. The maximum Gasteiger partial charge on any atom is 0.101 e. The van der Waals surface area contributed by atoms with Crippen LogP contribution in [0.25, 0.3) is 0 Å². The Morgan fingerprint density at radius 2 is 2.00 bits per heavy atom. The van der Waals surface area contributed by atoms with Gasteiger partial charge in [0.1, 0.15) is 6.17 Å². The Bertz CT molecular complexity index is 63.4. The van der Waals surface area contributed by atoms with Crippen LogP contribution in [0, 0.1) is 5.92 Å². The van der Waals surface area contributed by atoms with Crippen molar-refractivity contribution in [3.05, 3.63) is 0 Å². The summed E-state index contributed by atoms with van der Waals surface area (Å²) in [4.78, 5) is 0. The summed E-state index contributed by atoms with van der Waals surface area (Å²) in [7, 11) is 0. The highest BCUT2D eigenvalue weighted by atomic mass is 35.5. The van der Waals surface area contributed by atoms with Crippen molar-refractivity contribution in [2.24, 2.45) is 11.7 Å². The van der Waals surface area contributed by atoms with Crippen molar-refractivity contribution in [1.29, 1.82) is 0 Å². The van der Waals surface area contributed by atoms with Crippen LogP contribution in [-0.4, -0.2) is 12.7 Å². The van der Waals surface area contributed by atoms with Crippen LogP contribution in [0.1, 0.15) is 12.8 Å². The quantitative estimate of drug-likeness (QED) is 0.579. The third-order valence-corrected chi connectivity index (χ3v) is 1.51. The van der Waals surface area contributed by atoms with Crippen molar-refractivity contribution in [3.63, 3.8) is 0 Å². The molecule has 0 spiro atoms. The van der Waals surface area contributed by atoms with E-state index in [0.717, 1.165) is 0 Å². The van der Waals surface area contributed by atoms with E-state index >= 15 is 0 Å². The minimum Gasteiger partial charge on any atom is -0.330 e. The fourth-order valence-electron chi connectivity index (χ4n) is 0.847. The van der Waals surface area contributed by atoms with Gasteiger partial charge >= 0.3 is 0 Å². The molecule has 0 atom stereocenters. The monoisotopic (exact) mass is 139 g/mol. The lowest BCUT2D eigenvalue weighted by Gasteiger charge is -2.27. The summed E-state index contributed by atoms with van der Waals surface area (Å²) in [5.74, 6) is 0.495. The zero-order valence-electron chi connectivity index (χ0n) is 4.64. The van der Waals surface area contributed by atoms with Crippen LogP contribution < -0.4 is 5.73 Å². The second-order valence-electron chi connectivity index (χ2n) is 2.17. The third kappa shape index (κ3) is 1.60. The fourth-order valence-corrected chi connectivity index (χ4v) is 0.847. The molecule has 8 heavy (non-hydrogen) atoms. The first-order valence-electron chi connectivity index (χ1n) is 2.67. The van der Waals surface area contributed by atoms with Gasteiger partial charge in [-0.3, -0.25) is 0 Å². The number of hydrogen-bond acceptors (Lipinski definition) is 1. The van der Waals surface area contributed by atoms with Gasteiger partial charge in [0.15, 0.2) is 0 Å². The summed E-state index contributed by atoms with van der Waals surface area (Å²) in [5, 5.41) is 0. The summed E-state index contributed by atoms with van der Waals surface area (Å²) < 4.78 is 11.9. The molecule has 0 radical (unpaired) electrons. The normalized spacial score (nSPS) is 35.2. The van der Waals surface area contributed by atoms with E-state index < -0.39 is 6.17 Å². The van der Waals surface area contributed by atoms with E-state index in [2.05, 4.69) is 0 Å². The molecule has 0 saturated heterocycles. The fraction of sp³-hybridized carbons (Fsp3) is 1.00. The van der Waals surface area contributed by atoms with E-state index in [1.54, 1.807) is 0 Å². The molecule has 0 aromatic heterocycles. The second-order valence-corrected chi connectivity index (χ2v) is 2.17. The lowest BCUT2D eigenvalue weighted by atomic mass is 9.84. The summed E-state index contributed by atoms with van der Waals surface area (Å²) >= 11 is 0. The van der Waals surface area contributed by atoms with Crippen molar-refractivity contribution >= 4 is 12.4 Å². The Morgan fingerprint density at radius 3 is 2.12 bits per heavy atom. The Hall–Kier alpha value is 0.180. The van der Waals surface area contributed by atoms with Crippen LogP contribution in [0.15, 0.2) is 0 Å². The Labute approximate surface area is 54.9 Å². The molecule has 0 aromatic rings. The molecule has 1 fully saturated rings. The molecule has 0 aliphatic heterocycles. The SMILES string of the molecule is Cl.NC[C@H]1C[C@@H](F)C1. The van der Waals surface area contributed by atoms with Gasteiger partial charge < -0.3 is 5.73 Å². The van der Waals surface area contributed by atoms with E-state index in [1.165, 1.54) is 0 Å². The zero-order valence-corrected chi connectivity index (χ0v) is 5.46. The molecule has 0 heterocycles. The van der Waals surface area contributed by atoms with Gasteiger partial charge in [-0.25, -0.2) is 4.39 Å². The van der Waals surface area contributed by atoms with Crippen molar-refractivity contribution in [2.75, 3.05) is 6.54 Å². The molecular formula is C5H11ClFN. The summed E-state index contributed by atoms with van der Waals surface area (Å²) in [6.07, 6.45) is 0.876. The molecule has 1 nitrogen and oxygen atoms in total. The topological polar surface area (TPSA) is 26.0 Å². The predicted molar refractivity (Wildman–Crippen MR) is 33.9 cm³/mol. The number of nitrogens with two attached hydrogens (primary N) is 1. The first-order chi connectivity index (χ1) is 3.33. The predicted octanol–water partition coefficient (Wildman–Crippen LogP) is 1.12. The average molecular weight is 140 g/mol. The van der Waals surface area contributed by atoms with Crippen LogP contribution in [0.3, 0.4) is 0 Å². The van der Waals surface area contributed by atoms with Crippen LogP contribution in [0.4, 0.5) is 4.39 Å². The number of halogens is 2. The average Bonchev–Trinajstić information content (AvgIpc) is 1.58. The van der Waals surface area contributed by atoms with Gasteiger partial charge in [-0.1, -0.05) is 0 Å². The summed E-state index contributed by atoms with van der Waals surface area (Å²) in [6, 6.07) is 0. The smallest absolute Gasteiger partial charge is 0.101 e. The summed E-state index contributed by atoms with van der Waals surface area (Å²) in [5.41, 5.74) is 5.23. The van der Waals surface area contributed by atoms with Crippen molar-refractivity contribution in [3.8, 4) is 0 Å². The van der Waals surface area contributed by atoms with E-state index in [1.807, 2.05) is 0 Å². The van der Waals surface area contributed by atoms with Gasteiger partial charge in [0.05, 0.1) is 0 Å². The van der Waals surface area contributed by atoms with Gasteiger partial charge in [0.25, 0.3) is 0 Å². The molecule has 2 N–H and O–H groups in total. The van der Waals surface area contributed by atoms with E-state index in [4.69, 9.17) is 5.73 Å². The van der Waals surface area contributed by atoms with E-state index in [-0.39, 0.29) is 12.4 Å². The molecule has 0 aromatic carbocycles. The Balaban J connectivity index is 0.000000490. The van der Waals surface area contributed by atoms with E-state index in [0.29, 0.717) is 25.3 Å². The van der Waals surface area contributed by atoms with Gasteiger partial charge in [0.2, 0.25) is 0 Å². The Morgan fingerprint density at radius 1 is 1.50 bits per heavy atom. The highest BCUT2D eigenvalue weighted by Gasteiger charge is 2.26. The van der Waals surface area contributed by atoms with Crippen LogP contribution in [0.2, 0.25) is 0 Å². The number of hydrogen-bond donors (Lipinski definition) is 1. The maximum atomic E-state index is 11.9. The molecule has 0 unspecified atom stereocenters. The van der Waals surface area contributed by atoms with E-state index in [9.17, 15) is 4.39 Å². The Kier molecular flexibility index (Phi) is 3.33. The number of alkyl halides is 1. The standard InChI is InChI=1S/C5H10FN.ClH/c6-5-1-4(2-5)3-7;/h4-5H,1-3,7H2;1H/t4-,5+;. The van der Waals surface area contributed by atoms with Gasteiger partial charge in [-0.05, 0) is 25.3 Å². The van der Waals surface area contributed by atoms with Crippen LogP contribution >= 0.6 is 12.4 Å². The lowest BCUT2D eigenvalue weighted by Crippen LogP contribution is -2.30. The highest BCUT2D eigenvalue weighted by molar-refractivity contribution is 5.85. The van der Waals surface area contributed by atoms with Crippen molar-refractivity contribution < 1.29 is 4.39 Å². The second kappa shape index (κ2) is 3.25. The first kappa shape index (κ1) is 8.18. The van der Waals surface area contributed by atoms with Crippen LogP contribution in [0.5, 0.6) is 0 Å². The minimum atomic E-state index is -0.534. The molecule has 3 heteroatoms. The molecule has 0 bridgehead atoms. The molecule has 1 aliphatic rings. The van der Waals surface area contributed by atoms with Crippen molar-refractivity contribution in [2.45, 2.75) is 19.0 Å². The molecule has 50 valence electrons. The van der Waals surface area contributed by atoms with Gasteiger partial charge in [0, 0.05) is 0 Å². The van der Waals surface area contributed by atoms with Crippen molar-refractivity contribution in [1.82, 2.24) is 0 Å². The maximum absolute atomic E-state index is 11.9. The van der Waals surface area contributed by atoms with Gasteiger partial charge in [-0.2, -0.15) is 0 Å². The first-order valence-corrected chi connectivity index (χ1v) is 2.67. The molecule has 1 rings (SSSR count). The van der Waals surface area contributed by atoms with Gasteiger partial charge in [-0.15, -0.1) is 12.4 Å². The third-order valence-electron chi connectivity index (χ3n) is 1.51. The molecule has 1 saturated carbocycles. The molecule has 1 aliphatic carbocycles. The zero-order chi connectivity index (χ0) is 5.28. The largest absolute Gasteiger partial charge is 0.330 e. The number of rotatable bonds is 1. The lowest BCUT2D eigenvalue weighted by molar-refractivity contribution is 0.137. The summed E-state index contributed by atoms with van der Waals surface area (Å²) in [6.45, 7) is 0.667.